The quantitative estimate of drug-likeness (QED) is 0.817. The van der Waals surface area contributed by atoms with E-state index in [2.05, 4.69) is 10.1 Å². The molecule has 18 heavy (non-hydrogen) atoms. The standard InChI is InChI=1S/C13H17N3O2/c1-7(2)10-6-9(13(17)16(4)5)11-8(3)15-18-12(11)14-10/h6-7H,1-5H3. The van der Waals surface area contributed by atoms with E-state index in [1.54, 1.807) is 19.0 Å². The molecule has 2 rings (SSSR count). The molecule has 0 saturated heterocycles. The van der Waals surface area contributed by atoms with Crippen molar-refractivity contribution in [3.63, 3.8) is 0 Å². The van der Waals surface area contributed by atoms with Crippen LogP contribution < -0.4 is 0 Å². The fourth-order valence-corrected chi connectivity index (χ4v) is 1.82. The van der Waals surface area contributed by atoms with E-state index in [0.717, 1.165) is 5.69 Å². The van der Waals surface area contributed by atoms with E-state index in [0.29, 0.717) is 22.4 Å². The first-order chi connectivity index (χ1) is 8.41. The Bertz CT molecular complexity index is 600. The van der Waals surface area contributed by atoms with Gasteiger partial charge in [0.25, 0.3) is 11.6 Å². The Labute approximate surface area is 106 Å². The molecule has 0 aliphatic carbocycles. The minimum absolute atomic E-state index is 0.0596. The Morgan fingerprint density at radius 3 is 2.61 bits per heavy atom. The van der Waals surface area contributed by atoms with Crippen LogP contribution in [-0.4, -0.2) is 35.0 Å². The number of carbonyl (C=O) groups is 1. The molecule has 0 unspecified atom stereocenters. The van der Waals surface area contributed by atoms with Crippen molar-refractivity contribution < 1.29 is 9.32 Å². The maximum atomic E-state index is 12.2. The number of aromatic nitrogens is 2. The molecule has 0 radical (unpaired) electrons. The van der Waals surface area contributed by atoms with Gasteiger partial charge in [0.1, 0.15) is 0 Å². The van der Waals surface area contributed by atoms with Crippen molar-refractivity contribution in [1.82, 2.24) is 15.0 Å². The molecule has 2 aromatic heterocycles. The van der Waals surface area contributed by atoms with Crippen molar-refractivity contribution in [3.8, 4) is 0 Å². The lowest BCUT2D eigenvalue weighted by Crippen LogP contribution is -2.22. The minimum atomic E-state index is -0.0596. The summed E-state index contributed by atoms with van der Waals surface area (Å²) in [6.07, 6.45) is 0. The molecule has 0 aliphatic heterocycles. The first-order valence-corrected chi connectivity index (χ1v) is 5.90. The van der Waals surface area contributed by atoms with Crippen molar-refractivity contribution >= 4 is 17.0 Å². The zero-order valence-electron chi connectivity index (χ0n) is 11.3. The normalized spacial score (nSPS) is 11.2. The Hall–Kier alpha value is -1.91. The Kier molecular flexibility index (Phi) is 3.07. The summed E-state index contributed by atoms with van der Waals surface area (Å²) < 4.78 is 5.18. The van der Waals surface area contributed by atoms with Gasteiger partial charge in [-0.15, -0.1) is 0 Å². The average molecular weight is 247 g/mol. The Balaban J connectivity index is 2.74. The van der Waals surface area contributed by atoms with Gasteiger partial charge in [-0.2, -0.15) is 0 Å². The topological polar surface area (TPSA) is 59.2 Å². The van der Waals surface area contributed by atoms with E-state index in [-0.39, 0.29) is 11.8 Å². The van der Waals surface area contributed by atoms with Gasteiger partial charge < -0.3 is 9.42 Å². The van der Waals surface area contributed by atoms with Crippen LogP contribution in [0.15, 0.2) is 10.6 Å². The maximum Gasteiger partial charge on any atom is 0.259 e. The molecule has 96 valence electrons. The number of amides is 1. The van der Waals surface area contributed by atoms with Gasteiger partial charge in [-0.3, -0.25) is 4.79 Å². The first kappa shape index (κ1) is 12.5. The van der Waals surface area contributed by atoms with Gasteiger partial charge in [0.15, 0.2) is 0 Å². The molecule has 0 aromatic carbocycles. The molecule has 5 nitrogen and oxygen atoms in total. The van der Waals surface area contributed by atoms with Crippen LogP contribution in [0.2, 0.25) is 0 Å². The van der Waals surface area contributed by atoms with E-state index < -0.39 is 0 Å². The molecule has 0 bridgehead atoms. The number of rotatable bonds is 2. The van der Waals surface area contributed by atoms with E-state index in [4.69, 9.17) is 4.52 Å². The summed E-state index contributed by atoms with van der Waals surface area (Å²) in [5, 5.41) is 4.60. The summed E-state index contributed by atoms with van der Waals surface area (Å²) in [7, 11) is 3.46. The van der Waals surface area contributed by atoms with E-state index in [1.165, 1.54) is 0 Å². The smallest absolute Gasteiger partial charge is 0.259 e. The van der Waals surface area contributed by atoms with Crippen molar-refractivity contribution in [3.05, 3.63) is 23.0 Å². The highest BCUT2D eigenvalue weighted by molar-refractivity contribution is 6.05. The number of pyridine rings is 1. The Morgan fingerprint density at radius 1 is 1.39 bits per heavy atom. The second kappa shape index (κ2) is 4.40. The largest absolute Gasteiger partial charge is 0.345 e. The van der Waals surface area contributed by atoms with Crippen molar-refractivity contribution in [1.29, 1.82) is 0 Å². The van der Waals surface area contributed by atoms with Gasteiger partial charge in [0.2, 0.25) is 0 Å². The van der Waals surface area contributed by atoms with Gasteiger partial charge in [0.05, 0.1) is 16.6 Å². The lowest BCUT2D eigenvalue weighted by atomic mass is 10.0. The fraction of sp³-hybridized carbons (Fsp3) is 0.462. The van der Waals surface area contributed by atoms with E-state index in [9.17, 15) is 4.79 Å². The molecular formula is C13H17N3O2. The molecule has 0 N–H and O–H groups in total. The van der Waals surface area contributed by atoms with Gasteiger partial charge in [0, 0.05) is 19.8 Å². The minimum Gasteiger partial charge on any atom is -0.345 e. The SMILES string of the molecule is Cc1noc2nc(C(C)C)cc(C(=O)N(C)C)c12. The lowest BCUT2D eigenvalue weighted by molar-refractivity contribution is 0.0829. The third-order valence-electron chi connectivity index (χ3n) is 2.87. The summed E-state index contributed by atoms with van der Waals surface area (Å²) >= 11 is 0. The molecule has 2 aromatic rings. The number of hydrogen-bond acceptors (Lipinski definition) is 4. The zero-order chi connectivity index (χ0) is 13.4. The molecule has 0 atom stereocenters. The van der Waals surface area contributed by atoms with Crippen LogP contribution >= 0.6 is 0 Å². The summed E-state index contributed by atoms with van der Waals surface area (Å²) in [5.41, 5.74) is 2.57. The third kappa shape index (κ3) is 1.96. The monoisotopic (exact) mass is 247 g/mol. The highest BCUT2D eigenvalue weighted by atomic mass is 16.5. The second-order valence-electron chi connectivity index (χ2n) is 4.90. The van der Waals surface area contributed by atoms with Crippen LogP contribution in [0, 0.1) is 6.92 Å². The number of carbonyl (C=O) groups excluding carboxylic acids is 1. The summed E-state index contributed by atoms with van der Waals surface area (Å²) in [5.74, 6) is 0.170. The molecule has 0 spiro atoms. The third-order valence-corrected chi connectivity index (χ3v) is 2.87. The van der Waals surface area contributed by atoms with Crippen LogP contribution in [0.3, 0.4) is 0 Å². The van der Waals surface area contributed by atoms with E-state index in [1.807, 2.05) is 26.8 Å². The van der Waals surface area contributed by atoms with Gasteiger partial charge in [-0.1, -0.05) is 19.0 Å². The van der Waals surface area contributed by atoms with Crippen LogP contribution in [0.1, 0.15) is 41.5 Å². The average Bonchev–Trinajstić information content (AvgIpc) is 2.69. The summed E-state index contributed by atoms with van der Waals surface area (Å²) in [6.45, 7) is 5.87. The Morgan fingerprint density at radius 2 is 2.06 bits per heavy atom. The van der Waals surface area contributed by atoms with Gasteiger partial charge in [-0.25, -0.2) is 4.98 Å². The van der Waals surface area contributed by atoms with Crippen LogP contribution in [0.25, 0.3) is 11.1 Å². The number of nitrogens with zero attached hydrogens (tertiary/aromatic N) is 3. The van der Waals surface area contributed by atoms with Crippen LogP contribution in [-0.2, 0) is 0 Å². The zero-order valence-corrected chi connectivity index (χ0v) is 11.3. The predicted octanol–water partition coefficient (Wildman–Crippen LogP) is 2.36. The molecule has 5 heteroatoms. The predicted molar refractivity (Wildman–Crippen MR) is 68.6 cm³/mol. The van der Waals surface area contributed by atoms with E-state index >= 15 is 0 Å². The highest BCUT2D eigenvalue weighted by Crippen LogP contribution is 2.25. The molecule has 0 fully saturated rings. The van der Waals surface area contributed by atoms with Crippen molar-refractivity contribution in [2.24, 2.45) is 0 Å². The van der Waals surface area contributed by atoms with Crippen LogP contribution in [0.5, 0.6) is 0 Å². The lowest BCUT2D eigenvalue weighted by Gasteiger charge is -2.13. The maximum absolute atomic E-state index is 12.2. The summed E-state index contributed by atoms with van der Waals surface area (Å²) in [6, 6.07) is 1.83. The van der Waals surface area contributed by atoms with Crippen LogP contribution in [0.4, 0.5) is 0 Å². The molecule has 0 saturated carbocycles. The highest BCUT2D eigenvalue weighted by Gasteiger charge is 2.20. The van der Waals surface area contributed by atoms with Gasteiger partial charge in [-0.05, 0) is 18.9 Å². The van der Waals surface area contributed by atoms with Crippen molar-refractivity contribution in [2.45, 2.75) is 26.7 Å². The van der Waals surface area contributed by atoms with Crippen molar-refractivity contribution in [2.75, 3.05) is 14.1 Å². The molecule has 2 heterocycles. The number of aryl methyl sites for hydroxylation is 1. The summed E-state index contributed by atoms with van der Waals surface area (Å²) in [4.78, 5) is 18.2. The second-order valence-corrected chi connectivity index (χ2v) is 4.90. The van der Waals surface area contributed by atoms with Gasteiger partial charge >= 0.3 is 0 Å². The molecule has 1 amide bonds. The number of fused-ring (bicyclic) bond motifs is 1. The first-order valence-electron chi connectivity index (χ1n) is 5.90. The molecule has 0 aliphatic rings. The number of hydrogen-bond donors (Lipinski definition) is 0. The molecular weight excluding hydrogens is 230 g/mol. The fourth-order valence-electron chi connectivity index (χ4n) is 1.82.